The Morgan fingerprint density at radius 1 is 1.00 bits per heavy atom. The summed E-state index contributed by atoms with van der Waals surface area (Å²) in [6, 6.07) is 17.4. The monoisotopic (exact) mass is 259 g/mol. The number of hydrogen-bond donors (Lipinski definition) is 1. The molecule has 0 fully saturated rings. The third kappa shape index (κ3) is 3.11. The van der Waals surface area contributed by atoms with Crippen LogP contribution in [-0.2, 0) is 6.42 Å². The van der Waals surface area contributed by atoms with Gasteiger partial charge in [-0.15, -0.1) is 0 Å². The first-order valence-corrected chi connectivity index (χ1v) is 6.19. The first-order chi connectivity index (χ1) is 8.81. The summed E-state index contributed by atoms with van der Waals surface area (Å²) in [6.45, 7) is 0. The van der Waals surface area contributed by atoms with E-state index in [4.69, 9.17) is 16.8 Å². The lowest BCUT2D eigenvalue weighted by atomic mass is 10.0. The molecule has 0 radical (unpaired) electrons. The van der Waals surface area contributed by atoms with Crippen LogP contribution in [0.2, 0.25) is 5.02 Å². The molecule has 0 bridgehead atoms. The molecule has 3 heteroatoms. The van der Waals surface area contributed by atoms with Gasteiger partial charge in [0.15, 0.2) is 0 Å². The van der Waals surface area contributed by atoms with Crippen molar-refractivity contribution in [3.63, 3.8) is 0 Å². The molecule has 2 aromatic carbocycles. The van der Waals surface area contributed by atoms with E-state index in [1.54, 1.807) is 0 Å². The van der Waals surface area contributed by atoms with Gasteiger partial charge in [0, 0.05) is 5.02 Å². The van der Waals surface area contributed by atoms with Crippen LogP contribution in [0.4, 0.5) is 0 Å². The van der Waals surface area contributed by atoms with Gasteiger partial charge in [0.1, 0.15) is 0 Å². The van der Waals surface area contributed by atoms with Crippen LogP contribution in [0.3, 0.4) is 0 Å². The van der Waals surface area contributed by atoms with E-state index in [0.717, 1.165) is 22.6 Å². The molecule has 0 unspecified atom stereocenters. The molecule has 0 aliphatic rings. The number of rotatable bonds is 4. The van der Waals surface area contributed by atoms with Crippen LogP contribution in [0.15, 0.2) is 59.8 Å². The smallest absolute Gasteiger partial charge is 0.0871 e. The zero-order chi connectivity index (χ0) is 12.8. The van der Waals surface area contributed by atoms with Gasteiger partial charge in [-0.25, -0.2) is 0 Å². The molecule has 0 saturated carbocycles. The molecule has 18 heavy (non-hydrogen) atoms. The van der Waals surface area contributed by atoms with Gasteiger partial charge in [0.25, 0.3) is 0 Å². The molecule has 2 aromatic rings. The molecule has 92 valence electrons. The summed E-state index contributed by atoms with van der Waals surface area (Å²) in [5.41, 5.74) is 2.68. The number of aryl methyl sites for hydroxylation is 1. The van der Waals surface area contributed by atoms with Gasteiger partial charge in [0.05, 0.1) is 5.71 Å². The van der Waals surface area contributed by atoms with Gasteiger partial charge in [-0.1, -0.05) is 65.3 Å². The average molecular weight is 260 g/mol. The van der Waals surface area contributed by atoms with Crippen LogP contribution >= 0.6 is 11.6 Å². The van der Waals surface area contributed by atoms with Crippen molar-refractivity contribution < 1.29 is 5.21 Å². The topological polar surface area (TPSA) is 32.6 Å². The molecule has 2 nitrogen and oxygen atoms in total. The molecule has 0 atom stereocenters. The van der Waals surface area contributed by atoms with E-state index in [-0.39, 0.29) is 0 Å². The first kappa shape index (κ1) is 12.7. The maximum Gasteiger partial charge on any atom is 0.0871 e. The fraction of sp³-hybridized carbons (Fsp3) is 0.133. The van der Waals surface area contributed by atoms with Crippen LogP contribution in [-0.4, -0.2) is 10.9 Å². The normalized spacial score (nSPS) is 11.5. The summed E-state index contributed by atoms with van der Waals surface area (Å²) >= 11 is 6.09. The van der Waals surface area contributed by atoms with Crippen molar-refractivity contribution in [2.75, 3.05) is 0 Å². The minimum atomic E-state index is 0.657. The minimum absolute atomic E-state index is 0.657. The third-order valence-corrected chi connectivity index (χ3v) is 3.19. The van der Waals surface area contributed by atoms with Gasteiger partial charge < -0.3 is 5.21 Å². The number of hydrogen-bond acceptors (Lipinski definition) is 2. The van der Waals surface area contributed by atoms with Gasteiger partial charge in [-0.3, -0.25) is 0 Å². The van der Waals surface area contributed by atoms with Crippen molar-refractivity contribution in [2.24, 2.45) is 5.16 Å². The number of nitrogens with zero attached hydrogens (tertiary/aromatic N) is 1. The Morgan fingerprint density at radius 3 is 2.33 bits per heavy atom. The molecular formula is C15H14ClNO. The second-order valence-corrected chi connectivity index (χ2v) is 4.41. The quantitative estimate of drug-likeness (QED) is 0.499. The third-order valence-electron chi connectivity index (χ3n) is 2.82. The van der Waals surface area contributed by atoms with Crippen molar-refractivity contribution in [3.05, 3.63) is 70.7 Å². The summed E-state index contributed by atoms with van der Waals surface area (Å²) in [5.74, 6) is 0. The molecule has 0 aromatic heterocycles. The predicted molar refractivity (Wildman–Crippen MR) is 74.5 cm³/mol. The maximum atomic E-state index is 9.08. The largest absolute Gasteiger partial charge is 0.411 e. The fourth-order valence-electron chi connectivity index (χ4n) is 1.84. The highest BCUT2D eigenvalue weighted by atomic mass is 35.5. The van der Waals surface area contributed by atoms with E-state index >= 15 is 0 Å². The second kappa shape index (κ2) is 6.22. The molecular weight excluding hydrogens is 246 g/mol. The Hall–Kier alpha value is -1.80. The van der Waals surface area contributed by atoms with Crippen LogP contribution < -0.4 is 0 Å². The lowest BCUT2D eigenvalue weighted by molar-refractivity contribution is 0.318. The SMILES string of the molecule is O/N=C(\CCc1ccccc1Cl)c1ccccc1. The molecule has 0 heterocycles. The summed E-state index contributed by atoms with van der Waals surface area (Å²) in [7, 11) is 0. The van der Waals surface area contributed by atoms with Crippen LogP contribution in [0.25, 0.3) is 0 Å². The van der Waals surface area contributed by atoms with E-state index in [9.17, 15) is 0 Å². The zero-order valence-corrected chi connectivity index (χ0v) is 10.6. The fourth-order valence-corrected chi connectivity index (χ4v) is 2.07. The zero-order valence-electron chi connectivity index (χ0n) is 9.88. The van der Waals surface area contributed by atoms with Crippen molar-refractivity contribution in [3.8, 4) is 0 Å². The standard InChI is InChI=1S/C15H14ClNO/c16-14-9-5-4-6-12(14)10-11-15(17-18)13-7-2-1-3-8-13/h1-9,18H,10-11H2/b17-15+. The summed E-state index contributed by atoms with van der Waals surface area (Å²) in [4.78, 5) is 0. The van der Waals surface area contributed by atoms with Crippen molar-refractivity contribution in [1.82, 2.24) is 0 Å². The maximum absolute atomic E-state index is 9.08. The molecule has 0 spiro atoms. The molecule has 1 N–H and O–H groups in total. The Bertz CT molecular complexity index is 537. The number of benzene rings is 2. The Kier molecular flexibility index (Phi) is 4.37. The summed E-state index contributed by atoms with van der Waals surface area (Å²) in [6.07, 6.45) is 1.41. The van der Waals surface area contributed by atoms with Crippen molar-refractivity contribution >= 4 is 17.3 Å². The molecule has 0 aliphatic heterocycles. The highest BCUT2D eigenvalue weighted by molar-refractivity contribution is 6.31. The summed E-state index contributed by atoms with van der Waals surface area (Å²) in [5, 5.41) is 13.2. The van der Waals surface area contributed by atoms with E-state index in [2.05, 4.69) is 5.16 Å². The molecule has 0 saturated heterocycles. The van der Waals surface area contributed by atoms with E-state index in [1.165, 1.54) is 0 Å². The Labute approximate surface area is 112 Å². The Balaban J connectivity index is 2.08. The van der Waals surface area contributed by atoms with Gasteiger partial charge in [-0.2, -0.15) is 0 Å². The average Bonchev–Trinajstić information content (AvgIpc) is 2.42. The molecule has 0 aliphatic carbocycles. The second-order valence-electron chi connectivity index (χ2n) is 4.00. The van der Waals surface area contributed by atoms with E-state index < -0.39 is 0 Å². The molecule has 2 rings (SSSR count). The Morgan fingerprint density at radius 2 is 1.67 bits per heavy atom. The molecule has 0 amide bonds. The highest BCUT2D eigenvalue weighted by Crippen LogP contribution is 2.17. The summed E-state index contributed by atoms with van der Waals surface area (Å²) < 4.78 is 0. The number of halogens is 1. The van der Waals surface area contributed by atoms with Crippen LogP contribution in [0.1, 0.15) is 17.5 Å². The van der Waals surface area contributed by atoms with Crippen LogP contribution in [0.5, 0.6) is 0 Å². The van der Waals surface area contributed by atoms with E-state index in [1.807, 2.05) is 54.6 Å². The van der Waals surface area contributed by atoms with Crippen molar-refractivity contribution in [1.29, 1.82) is 0 Å². The van der Waals surface area contributed by atoms with E-state index in [0.29, 0.717) is 12.1 Å². The van der Waals surface area contributed by atoms with Gasteiger partial charge in [0.2, 0.25) is 0 Å². The lowest BCUT2D eigenvalue weighted by Gasteiger charge is -2.06. The number of oxime groups is 1. The predicted octanol–water partition coefficient (Wildman–Crippen LogP) is 4.15. The highest BCUT2D eigenvalue weighted by Gasteiger charge is 2.06. The minimum Gasteiger partial charge on any atom is -0.411 e. The first-order valence-electron chi connectivity index (χ1n) is 5.81. The van der Waals surface area contributed by atoms with Crippen molar-refractivity contribution in [2.45, 2.75) is 12.8 Å². The van der Waals surface area contributed by atoms with Crippen LogP contribution in [0, 0.1) is 0 Å². The van der Waals surface area contributed by atoms with Gasteiger partial charge in [-0.05, 0) is 30.0 Å². The van der Waals surface area contributed by atoms with Gasteiger partial charge >= 0.3 is 0 Å². The lowest BCUT2D eigenvalue weighted by Crippen LogP contribution is -2.03.